The number of fused-ring (bicyclic) bond motifs is 1. The van der Waals surface area contributed by atoms with Gasteiger partial charge in [0.25, 0.3) is 5.91 Å². The zero-order valence-corrected chi connectivity index (χ0v) is 16.5. The van der Waals surface area contributed by atoms with Crippen molar-refractivity contribution in [2.24, 2.45) is 0 Å². The van der Waals surface area contributed by atoms with Crippen LogP contribution in [0.1, 0.15) is 17.0 Å². The number of nitrogens with one attached hydrogen (secondary N) is 1. The third-order valence-electron chi connectivity index (χ3n) is 4.55. The fourth-order valence-electron chi connectivity index (χ4n) is 3.11. The van der Waals surface area contributed by atoms with E-state index in [4.69, 9.17) is 4.74 Å². The lowest BCUT2D eigenvalue weighted by Crippen LogP contribution is -2.20. The van der Waals surface area contributed by atoms with E-state index in [1.54, 1.807) is 4.52 Å². The second-order valence-corrected chi connectivity index (χ2v) is 6.92. The van der Waals surface area contributed by atoms with Crippen molar-refractivity contribution in [1.29, 1.82) is 0 Å². The Balaban J connectivity index is 1.46. The Kier molecular flexibility index (Phi) is 4.95. The molecule has 146 valence electrons. The first-order valence-corrected chi connectivity index (χ1v) is 9.29. The Morgan fingerprint density at radius 2 is 1.90 bits per heavy atom. The lowest BCUT2D eigenvalue weighted by atomic mass is 10.1. The fourth-order valence-corrected chi connectivity index (χ4v) is 3.11. The third kappa shape index (κ3) is 4.08. The van der Waals surface area contributed by atoms with Gasteiger partial charge in [-0.05, 0) is 56.7 Å². The predicted molar refractivity (Wildman–Crippen MR) is 111 cm³/mol. The van der Waals surface area contributed by atoms with Crippen molar-refractivity contribution in [2.75, 3.05) is 11.9 Å². The number of ether oxygens (including phenoxy) is 1. The molecule has 0 atom stereocenters. The first kappa shape index (κ1) is 18.6. The number of benzene rings is 2. The highest BCUT2D eigenvalue weighted by atomic mass is 16.5. The van der Waals surface area contributed by atoms with Crippen LogP contribution in [0.25, 0.3) is 16.9 Å². The Bertz CT molecular complexity index is 1200. The molecule has 0 unspecified atom stereocenters. The SMILES string of the molecule is Cc1ccc(OCC(=O)Nc2cccc(-c3ccc4nnc(C)n4n3)c2)c(C)c1. The van der Waals surface area contributed by atoms with Crippen molar-refractivity contribution in [2.45, 2.75) is 20.8 Å². The van der Waals surface area contributed by atoms with E-state index in [0.29, 0.717) is 17.1 Å². The normalized spacial score (nSPS) is 10.9. The van der Waals surface area contributed by atoms with Gasteiger partial charge in [0.15, 0.2) is 18.1 Å². The molecule has 2 aromatic carbocycles. The van der Waals surface area contributed by atoms with Crippen molar-refractivity contribution in [3.05, 3.63) is 71.5 Å². The molecule has 0 aliphatic rings. The molecule has 0 bridgehead atoms. The van der Waals surface area contributed by atoms with Gasteiger partial charge in [0.05, 0.1) is 5.69 Å². The van der Waals surface area contributed by atoms with E-state index in [1.807, 2.05) is 75.4 Å². The summed E-state index contributed by atoms with van der Waals surface area (Å²) in [6.45, 7) is 5.78. The van der Waals surface area contributed by atoms with E-state index in [9.17, 15) is 4.79 Å². The van der Waals surface area contributed by atoms with Crippen molar-refractivity contribution in [3.8, 4) is 17.0 Å². The van der Waals surface area contributed by atoms with Crippen molar-refractivity contribution < 1.29 is 9.53 Å². The minimum absolute atomic E-state index is 0.0573. The maximum atomic E-state index is 12.3. The minimum atomic E-state index is -0.222. The Labute approximate surface area is 168 Å². The van der Waals surface area contributed by atoms with E-state index in [2.05, 4.69) is 20.6 Å². The van der Waals surface area contributed by atoms with Gasteiger partial charge >= 0.3 is 0 Å². The lowest BCUT2D eigenvalue weighted by Gasteiger charge is -2.11. The molecule has 2 aromatic heterocycles. The number of aromatic nitrogens is 4. The molecule has 2 heterocycles. The van der Waals surface area contributed by atoms with Gasteiger partial charge < -0.3 is 10.1 Å². The number of amides is 1. The highest BCUT2D eigenvalue weighted by Gasteiger charge is 2.09. The van der Waals surface area contributed by atoms with E-state index in [-0.39, 0.29) is 12.5 Å². The van der Waals surface area contributed by atoms with Crippen LogP contribution in [0.2, 0.25) is 0 Å². The first-order valence-electron chi connectivity index (χ1n) is 9.29. The molecular weight excluding hydrogens is 366 g/mol. The molecule has 7 heteroatoms. The van der Waals surface area contributed by atoms with Crippen LogP contribution in [0.5, 0.6) is 5.75 Å². The van der Waals surface area contributed by atoms with Crippen LogP contribution in [0.15, 0.2) is 54.6 Å². The minimum Gasteiger partial charge on any atom is -0.483 e. The highest BCUT2D eigenvalue weighted by Crippen LogP contribution is 2.22. The molecule has 0 saturated carbocycles. The molecule has 4 rings (SSSR count). The van der Waals surface area contributed by atoms with Gasteiger partial charge in [0.2, 0.25) is 0 Å². The second-order valence-electron chi connectivity index (χ2n) is 6.92. The van der Waals surface area contributed by atoms with Crippen LogP contribution in [0, 0.1) is 20.8 Å². The molecule has 0 aliphatic heterocycles. The number of carbonyl (C=O) groups is 1. The van der Waals surface area contributed by atoms with Gasteiger partial charge in [-0.15, -0.1) is 10.2 Å². The first-order chi connectivity index (χ1) is 14.0. The summed E-state index contributed by atoms with van der Waals surface area (Å²) in [4.78, 5) is 12.3. The number of rotatable bonds is 5. The summed E-state index contributed by atoms with van der Waals surface area (Å²) in [5.74, 6) is 1.20. The second kappa shape index (κ2) is 7.71. The van der Waals surface area contributed by atoms with E-state index >= 15 is 0 Å². The molecule has 1 amide bonds. The summed E-state index contributed by atoms with van der Waals surface area (Å²) >= 11 is 0. The number of aryl methyl sites for hydroxylation is 3. The van der Waals surface area contributed by atoms with Gasteiger partial charge in [-0.1, -0.05) is 29.8 Å². The molecule has 0 aliphatic carbocycles. The van der Waals surface area contributed by atoms with Crippen LogP contribution in [-0.2, 0) is 4.79 Å². The van der Waals surface area contributed by atoms with Crippen molar-refractivity contribution >= 4 is 17.2 Å². The standard InChI is InChI=1S/C22H21N5O2/c1-14-7-9-20(15(2)11-14)29-13-22(28)23-18-6-4-5-17(12-18)19-8-10-21-25-24-16(3)27(21)26-19/h4-12H,13H2,1-3H3,(H,23,28). The van der Waals surface area contributed by atoms with Crippen molar-refractivity contribution in [1.82, 2.24) is 19.8 Å². The number of nitrogens with zero attached hydrogens (tertiary/aromatic N) is 4. The van der Waals surface area contributed by atoms with E-state index in [0.717, 1.165) is 28.2 Å². The average Bonchev–Trinajstić information content (AvgIpc) is 3.08. The topological polar surface area (TPSA) is 81.4 Å². The summed E-state index contributed by atoms with van der Waals surface area (Å²) in [5, 5.41) is 15.5. The third-order valence-corrected chi connectivity index (χ3v) is 4.55. The van der Waals surface area contributed by atoms with E-state index in [1.165, 1.54) is 0 Å². The molecule has 0 spiro atoms. The molecule has 0 saturated heterocycles. The fraction of sp³-hybridized carbons (Fsp3) is 0.182. The summed E-state index contributed by atoms with van der Waals surface area (Å²) < 4.78 is 7.34. The summed E-state index contributed by atoms with van der Waals surface area (Å²) in [6.07, 6.45) is 0. The van der Waals surface area contributed by atoms with Crippen molar-refractivity contribution in [3.63, 3.8) is 0 Å². The predicted octanol–water partition coefficient (Wildman–Crippen LogP) is 3.73. The number of anilines is 1. The summed E-state index contributed by atoms with van der Waals surface area (Å²) in [7, 11) is 0. The van der Waals surface area contributed by atoms with Gasteiger partial charge in [-0.2, -0.15) is 9.61 Å². The van der Waals surface area contributed by atoms with Crippen LogP contribution in [0.3, 0.4) is 0 Å². The van der Waals surface area contributed by atoms with Crippen LogP contribution in [-0.4, -0.2) is 32.3 Å². The largest absolute Gasteiger partial charge is 0.483 e. The quantitative estimate of drug-likeness (QED) is 0.564. The van der Waals surface area contributed by atoms with Crippen LogP contribution in [0.4, 0.5) is 5.69 Å². The number of hydrogen-bond donors (Lipinski definition) is 1. The number of carbonyl (C=O) groups excluding carboxylic acids is 1. The number of hydrogen-bond acceptors (Lipinski definition) is 5. The Morgan fingerprint density at radius 3 is 2.72 bits per heavy atom. The zero-order chi connectivity index (χ0) is 20.4. The molecule has 29 heavy (non-hydrogen) atoms. The Hall–Kier alpha value is -3.74. The monoisotopic (exact) mass is 387 g/mol. The Morgan fingerprint density at radius 1 is 1.03 bits per heavy atom. The lowest BCUT2D eigenvalue weighted by molar-refractivity contribution is -0.118. The molecule has 7 nitrogen and oxygen atoms in total. The molecule has 0 fully saturated rings. The van der Waals surface area contributed by atoms with E-state index < -0.39 is 0 Å². The molecule has 1 N–H and O–H groups in total. The van der Waals surface area contributed by atoms with Gasteiger partial charge in [-0.25, -0.2) is 0 Å². The maximum Gasteiger partial charge on any atom is 0.262 e. The highest BCUT2D eigenvalue weighted by molar-refractivity contribution is 5.92. The van der Waals surface area contributed by atoms with Gasteiger partial charge in [0.1, 0.15) is 5.75 Å². The smallest absolute Gasteiger partial charge is 0.262 e. The summed E-state index contributed by atoms with van der Waals surface area (Å²) in [5.41, 5.74) is 5.18. The zero-order valence-electron chi connectivity index (χ0n) is 16.5. The van der Waals surface area contributed by atoms with Gasteiger partial charge in [0, 0.05) is 11.3 Å². The molecule has 0 radical (unpaired) electrons. The van der Waals surface area contributed by atoms with Gasteiger partial charge in [-0.3, -0.25) is 4.79 Å². The molecule has 4 aromatic rings. The average molecular weight is 387 g/mol. The van der Waals surface area contributed by atoms with Crippen LogP contribution >= 0.6 is 0 Å². The summed E-state index contributed by atoms with van der Waals surface area (Å²) in [6, 6.07) is 17.1. The molecular formula is C22H21N5O2. The van der Waals surface area contributed by atoms with Crippen LogP contribution < -0.4 is 10.1 Å². The maximum absolute atomic E-state index is 12.3.